The molecule has 2 atom stereocenters. The zero-order valence-electron chi connectivity index (χ0n) is 16.3. The highest BCUT2D eigenvalue weighted by atomic mass is 16.6. The Morgan fingerprint density at radius 1 is 1.22 bits per heavy atom. The maximum absolute atomic E-state index is 13.0. The number of rotatable bonds is 2. The Balaban J connectivity index is 1.77. The molecular weight excluding hydrogens is 344 g/mol. The molecule has 2 saturated heterocycles. The van der Waals surface area contributed by atoms with Gasteiger partial charge in [0.15, 0.2) is 5.78 Å². The maximum atomic E-state index is 13.0. The van der Waals surface area contributed by atoms with Crippen LogP contribution in [-0.2, 0) is 9.47 Å². The van der Waals surface area contributed by atoms with Crippen molar-refractivity contribution < 1.29 is 19.1 Å². The van der Waals surface area contributed by atoms with Crippen LogP contribution in [-0.4, -0.2) is 47.7 Å². The molecular formula is C21H26N2O4. The molecule has 2 fully saturated rings. The van der Waals surface area contributed by atoms with Crippen LogP contribution in [0.5, 0.6) is 0 Å². The number of ketones is 1. The van der Waals surface area contributed by atoms with Gasteiger partial charge in [0.1, 0.15) is 5.60 Å². The van der Waals surface area contributed by atoms with Gasteiger partial charge in [-0.2, -0.15) is 5.26 Å². The molecule has 2 aliphatic heterocycles. The molecule has 1 aromatic rings. The molecule has 0 saturated carbocycles. The van der Waals surface area contributed by atoms with Crippen LogP contribution in [0.4, 0.5) is 4.79 Å². The Morgan fingerprint density at radius 2 is 1.85 bits per heavy atom. The lowest BCUT2D eigenvalue weighted by Crippen LogP contribution is -2.60. The van der Waals surface area contributed by atoms with Gasteiger partial charge in [0, 0.05) is 11.5 Å². The molecule has 0 radical (unpaired) electrons. The summed E-state index contributed by atoms with van der Waals surface area (Å²) in [6, 6.07) is 7.07. The van der Waals surface area contributed by atoms with Gasteiger partial charge >= 0.3 is 6.09 Å². The van der Waals surface area contributed by atoms with Crippen LogP contribution in [0, 0.1) is 24.2 Å². The molecule has 1 aromatic carbocycles. The summed E-state index contributed by atoms with van der Waals surface area (Å²) in [5, 5.41) is 9.22. The summed E-state index contributed by atoms with van der Waals surface area (Å²) in [7, 11) is 0. The van der Waals surface area contributed by atoms with Gasteiger partial charge in [-0.25, -0.2) is 4.79 Å². The maximum Gasteiger partial charge on any atom is 0.410 e. The van der Waals surface area contributed by atoms with E-state index < -0.39 is 5.60 Å². The fraction of sp³-hybridized carbons (Fsp3) is 0.571. The molecule has 0 N–H and O–H groups in total. The second-order valence-corrected chi connectivity index (χ2v) is 8.41. The molecule has 144 valence electrons. The highest BCUT2D eigenvalue weighted by Crippen LogP contribution is 2.34. The van der Waals surface area contributed by atoms with Crippen LogP contribution in [0.1, 0.15) is 55.1 Å². The van der Waals surface area contributed by atoms with Crippen LogP contribution >= 0.6 is 0 Å². The van der Waals surface area contributed by atoms with Crippen molar-refractivity contribution in [3.05, 3.63) is 34.9 Å². The van der Waals surface area contributed by atoms with E-state index in [4.69, 9.17) is 9.47 Å². The van der Waals surface area contributed by atoms with E-state index >= 15 is 0 Å². The van der Waals surface area contributed by atoms with Crippen molar-refractivity contribution in [3.63, 3.8) is 0 Å². The van der Waals surface area contributed by atoms with Crippen LogP contribution in [0.25, 0.3) is 0 Å². The zero-order chi connectivity index (χ0) is 19.8. The Kier molecular flexibility index (Phi) is 5.25. The van der Waals surface area contributed by atoms with E-state index in [9.17, 15) is 14.9 Å². The molecule has 2 unspecified atom stereocenters. The molecule has 2 bridgehead atoms. The molecule has 0 spiro atoms. The first-order chi connectivity index (χ1) is 12.7. The van der Waals surface area contributed by atoms with Gasteiger partial charge < -0.3 is 9.47 Å². The molecule has 0 aromatic heterocycles. The first-order valence-electron chi connectivity index (χ1n) is 9.33. The van der Waals surface area contributed by atoms with Crippen molar-refractivity contribution in [2.24, 2.45) is 5.92 Å². The van der Waals surface area contributed by atoms with Crippen LogP contribution in [0.15, 0.2) is 18.2 Å². The highest BCUT2D eigenvalue weighted by molar-refractivity contribution is 5.98. The molecule has 0 aliphatic carbocycles. The average molecular weight is 370 g/mol. The van der Waals surface area contributed by atoms with E-state index in [0.717, 1.165) is 5.56 Å². The second kappa shape index (κ2) is 7.32. The highest BCUT2D eigenvalue weighted by Gasteiger charge is 2.45. The third-order valence-corrected chi connectivity index (χ3v) is 5.14. The Hall–Kier alpha value is -2.39. The minimum absolute atomic E-state index is 0.0345. The van der Waals surface area contributed by atoms with Crippen molar-refractivity contribution in [3.8, 4) is 6.07 Å². The predicted octanol–water partition coefficient (Wildman–Crippen LogP) is 3.46. The summed E-state index contributed by atoms with van der Waals surface area (Å²) < 4.78 is 11.2. The lowest BCUT2D eigenvalue weighted by molar-refractivity contribution is -0.0861. The molecule has 6 heteroatoms. The summed E-state index contributed by atoms with van der Waals surface area (Å²) in [6.45, 7) is 8.22. The number of aryl methyl sites for hydroxylation is 1. The third kappa shape index (κ3) is 4.14. The number of fused-ring (bicyclic) bond motifs is 2. The van der Waals surface area contributed by atoms with Crippen LogP contribution < -0.4 is 0 Å². The summed E-state index contributed by atoms with van der Waals surface area (Å²) in [4.78, 5) is 27.4. The topological polar surface area (TPSA) is 79.6 Å². The summed E-state index contributed by atoms with van der Waals surface area (Å²) in [5.41, 5.74) is 1.38. The second-order valence-electron chi connectivity index (χ2n) is 8.41. The summed E-state index contributed by atoms with van der Waals surface area (Å²) in [5.74, 6) is -0.149. The van der Waals surface area contributed by atoms with Gasteiger partial charge in [0.05, 0.1) is 36.9 Å². The summed E-state index contributed by atoms with van der Waals surface area (Å²) in [6.07, 6.45) is 0.753. The molecule has 2 heterocycles. The minimum Gasteiger partial charge on any atom is -0.444 e. The van der Waals surface area contributed by atoms with Gasteiger partial charge in [-0.15, -0.1) is 0 Å². The normalized spacial score (nSPS) is 24.9. The third-order valence-electron chi connectivity index (χ3n) is 5.14. The summed E-state index contributed by atoms with van der Waals surface area (Å²) >= 11 is 0. The largest absolute Gasteiger partial charge is 0.444 e. The number of nitrogens with zero attached hydrogens (tertiary/aromatic N) is 2. The van der Waals surface area contributed by atoms with Crippen molar-refractivity contribution in [1.29, 1.82) is 5.26 Å². The fourth-order valence-corrected chi connectivity index (χ4v) is 3.87. The SMILES string of the molecule is Cc1ccc(C(=O)C2CC3COCC(C2)N3C(=O)OC(C)(C)C)cc1C#N. The molecule has 27 heavy (non-hydrogen) atoms. The van der Waals surface area contributed by atoms with Gasteiger partial charge in [0.25, 0.3) is 0 Å². The van der Waals surface area contributed by atoms with Gasteiger partial charge in [0.2, 0.25) is 0 Å². The Morgan fingerprint density at radius 3 is 2.41 bits per heavy atom. The number of carbonyl (C=O) groups is 2. The Labute approximate surface area is 160 Å². The smallest absolute Gasteiger partial charge is 0.410 e. The van der Waals surface area contributed by atoms with Crippen molar-refractivity contribution in [2.75, 3.05) is 13.2 Å². The number of nitriles is 1. The predicted molar refractivity (Wildman–Crippen MR) is 99.4 cm³/mol. The van der Waals surface area contributed by atoms with E-state index in [1.54, 1.807) is 17.0 Å². The van der Waals surface area contributed by atoms with Gasteiger partial charge in [-0.05, 0) is 52.2 Å². The van der Waals surface area contributed by atoms with E-state index in [2.05, 4.69) is 6.07 Å². The molecule has 1 amide bonds. The van der Waals surface area contributed by atoms with Crippen molar-refractivity contribution in [2.45, 2.75) is 58.2 Å². The first kappa shape index (κ1) is 19.4. The number of hydrogen-bond donors (Lipinski definition) is 0. The number of benzene rings is 1. The van der Waals surface area contributed by atoms with Crippen LogP contribution in [0.3, 0.4) is 0 Å². The number of hydrogen-bond acceptors (Lipinski definition) is 5. The average Bonchev–Trinajstić information content (AvgIpc) is 2.59. The number of carbonyl (C=O) groups excluding carboxylic acids is 2. The number of ether oxygens (including phenoxy) is 2. The van der Waals surface area contributed by atoms with E-state index in [0.29, 0.717) is 37.2 Å². The van der Waals surface area contributed by atoms with E-state index in [-0.39, 0.29) is 29.9 Å². The standard InChI is InChI=1S/C21H26N2O4/c1-13-5-6-14(7-16(13)10-22)19(24)15-8-17-11-26-12-18(9-15)23(17)20(25)27-21(2,3)4/h5-7,15,17-18H,8-9,11-12H2,1-4H3. The fourth-order valence-electron chi connectivity index (χ4n) is 3.87. The molecule has 6 nitrogen and oxygen atoms in total. The number of morpholine rings is 1. The molecule has 3 rings (SSSR count). The number of amides is 1. The molecule has 2 aliphatic rings. The van der Waals surface area contributed by atoms with Gasteiger partial charge in [-0.1, -0.05) is 12.1 Å². The van der Waals surface area contributed by atoms with E-state index in [1.807, 2.05) is 33.8 Å². The number of piperidine rings is 1. The quantitative estimate of drug-likeness (QED) is 0.745. The number of Topliss-reactive ketones (excluding diaryl/α,β-unsaturated/α-hetero) is 1. The van der Waals surface area contributed by atoms with Gasteiger partial charge in [-0.3, -0.25) is 9.69 Å². The van der Waals surface area contributed by atoms with Crippen molar-refractivity contribution >= 4 is 11.9 Å². The Bertz CT molecular complexity index is 776. The van der Waals surface area contributed by atoms with Crippen LogP contribution in [0.2, 0.25) is 0 Å². The van der Waals surface area contributed by atoms with Crippen molar-refractivity contribution in [1.82, 2.24) is 4.90 Å². The van der Waals surface area contributed by atoms with E-state index in [1.165, 1.54) is 0 Å². The lowest BCUT2D eigenvalue weighted by atomic mass is 9.80. The zero-order valence-corrected chi connectivity index (χ0v) is 16.3. The lowest BCUT2D eigenvalue weighted by Gasteiger charge is -2.47. The minimum atomic E-state index is -0.561. The monoisotopic (exact) mass is 370 g/mol. The first-order valence-corrected chi connectivity index (χ1v) is 9.33.